The largest absolute Gasteiger partial charge is 0.312 e. The summed E-state index contributed by atoms with van der Waals surface area (Å²) in [7, 11) is 1.32. The SMILES string of the molecule is CNC1c2ccccc2CCC1S(=O)C1CCCCC1. The molecular formula is C17H25NOS. The van der Waals surface area contributed by atoms with Crippen LogP contribution in [0.5, 0.6) is 0 Å². The van der Waals surface area contributed by atoms with Crippen LogP contribution in [0.3, 0.4) is 0 Å². The molecule has 0 bridgehead atoms. The van der Waals surface area contributed by atoms with Gasteiger partial charge in [0, 0.05) is 22.1 Å². The van der Waals surface area contributed by atoms with E-state index in [0.29, 0.717) is 5.25 Å². The van der Waals surface area contributed by atoms with Crippen LogP contribution in [0.1, 0.15) is 55.7 Å². The molecule has 1 aromatic rings. The van der Waals surface area contributed by atoms with Gasteiger partial charge in [-0.3, -0.25) is 4.21 Å². The molecule has 0 radical (unpaired) electrons. The van der Waals surface area contributed by atoms with Crippen molar-refractivity contribution in [1.29, 1.82) is 0 Å². The number of hydrogen-bond donors (Lipinski definition) is 1. The molecule has 3 unspecified atom stereocenters. The Kier molecular flexibility index (Phi) is 4.57. The van der Waals surface area contributed by atoms with E-state index in [9.17, 15) is 4.21 Å². The summed E-state index contributed by atoms with van der Waals surface area (Å²) >= 11 is 0. The molecule has 3 heteroatoms. The van der Waals surface area contributed by atoms with Gasteiger partial charge in [-0.15, -0.1) is 0 Å². The zero-order chi connectivity index (χ0) is 13.9. The molecular weight excluding hydrogens is 266 g/mol. The van der Waals surface area contributed by atoms with Crippen molar-refractivity contribution in [2.24, 2.45) is 0 Å². The minimum Gasteiger partial charge on any atom is -0.312 e. The van der Waals surface area contributed by atoms with Crippen LogP contribution in [-0.4, -0.2) is 21.8 Å². The highest BCUT2D eigenvalue weighted by Gasteiger charge is 2.35. The number of fused-ring (bicyclic) bond motifs is 1. The first kappa shape index (κ1) is 14.3. The summed E-state index contributed by atoms with van der Waals surface area (Å²) in [5.74, 6) is 0. The average molecular weight is 291 g/mol. The first-order chi connectivity index (χ1) is 9.81. The molecule has 1 fully saturated rings. The predicted octanol–water partition coefficient (Wildman–Crippen LogP) is 3.34. The number of aryl methyl sites for hydroxylation is 1. The van der Waals surface area contributed by atoms with Crippen molar-refractivity contribution in [1.82, 2.24) is 5.32 Å². The van der Waals surface area contributed by atoms with Crippen LogP contribution in [0.2, 0.25) is 0 Å². The van der Waals surface area contributed by atoms with Crippen LogP contribution < -0.4 is 5.32 Å². The van der Waals surface area contributed by atoms with Crippen LogP contribution in [0.4, 0.5) is 0 Å². The van der Waals surface area contributed by atoms with Gasteiger partial charge >= 0.3 is 0 Å². The second kappa shape index (κ2) is 6.40. The number of hydrogen-bond acceptors (Lipinski definition) is 2. The average Bonchev–Trinajstić information content (AvgIpc) is 2.54. The van der Waals surface area contributed by atoms with Crippen molar-refractivity contribution in [3.63, 3.8) is 0 Å². The first-order valence-corrected chi connectivity index (χ1v) is 9.23. The van der Waals surface area contributed by atoms with Crippen molar-refractivity contribution in [2.75, 3.05) is 7.05 Å². The molecule has 0 saturated heterocycles. The maximum atomic E-state index is 13.0. The molecule has 2 nitrogen and oxygen atoms in total. The molecule has 20 heavy (non-hydrogen) atoms. The lowest BCUT2D eigenvalue weighted by Crippen LogP contribution is -2.40. The lowest BCUT2D eigenvalue weighted by Gasteiger charge is -2.35. The Bertz CT molecular complexity index is 482. The van der Waals surface area contributed by atoms with Crippen molar-refractivity contribution in [2.45, 2.75) is 61.5 Å². The minimum atomic E-state index is -0.693. The van der Waals surface area contributed by atoms with E-state index >= 15 is 0 Å². The molecule has 2 aliphatic rings. The second-order valence-corrected chi connectivity index (χ2v) is 8.06. The third kappa shape index (κ3) is 2.71. The lowest BCUT2D eigenvalue weighted by molar-refractivity contribution is 0.471. The maximum absolute atomic E-state index is 13.0. The third-order valence-electron chi connectivity index (χ3n) is 4.95. The molecule has 110 valence electrons. The highest BCUT2D eigenvalue weighted by molar-refractivity contribution is 7.86. The Morgan fingerprint density at radius 3 is 2.60 bits per heavy atom. The van der Waals surface area contributed by atoms with E-state index in [1.807, 2.05) is 7.05 Å². The fraction of sp³-hybridized carbons (Fsp3) is 0.647. The van der Waals surface area contributed by atoms with Crippen LogP contribution in [0.15, 0.2) is 24.3 Å². The summed E-state index contributed by atoms with van der Waals surface area (Å²) in [4.78, 5) is 0. The van der Waals surface area contributed by atoms with Gasteiger partial charge in [0.05, 0.1) is 5.25 Å². The highest BCUT2D eigenvalue weighted by Crippen LogP contribution is 2.36. The molecule has 1 saturated carbocycles. The Labute approximate surface area is 124 Å². The molecule has 0 spiro atoms. The molecule has 0 aromatic heterocycles. The van der Waals surface area contributed by atoms with E-state index in [-0.39, 0.29) is 11.3 Å². The predicted molar refractivity (Wildman–Crippen MR) is 85.4 cm³/mol. The molecule has 3 rings (SSSR count). The van der Waals surface area contributed by atoms with Gasteiger partial charge in [-0.05, 0) is 43.9 Å². The van der Waals surface area contributed by atoms with Crippen LogP contribution >= 0.6 is 0 Å². The quantitative estimate of drug-likeness (QED) is 0.925. The normalized spacial score (nSPS) is 28.9. The summed E-state index contributed by atoms with van der Waals surface area (Å²) in [6, 6.07) is 8.92. The second-order valence-electron chi connectivity index (χ2n) is 6.13. The molecule has 0 heterocycles. The fourth-order valence-corrected chi connectivity index (χ4v) is 6.06. The first-order valence-electron chi connectivity index (χ1n) is 7.95. The summed E-state index contributed by atoms with van der Waals surface area (Å²) in [6.07, 6.45) is 8.34. The molecule has 0 amide bonds. The minimum absolute atomic E-state index is 0.266. The molecule has 3 atom stereocenters. The summed E-state index contributed by atoms with van der Waals surface area (Å²) in [5.41, 5.74) is 2.80. The monoisotopic (exact) mass is 291 g/mol. The third-order valence-corrected chi connectivity index (χ3v) is 7.18. The molecule has 2 aliphatic carbocycles. The molecule has 0 aliphatic heterocycles. The zero-order valence-electron chi connectivity index (χ0n) is 12.3. The smallest absolute Gasteiger partial charge is 0.0548 e. The molecule has 1 N–H and O–H groups in total. The van der Waals surface area contributed by atoms with Crippen molar-refractivity contribution in [3.8, 4) is 0 Å². The van der Waals surface area contributed by atoms with E-state index in [4.69, 9.17) is 0 Å². The van der Waals surface area contributed by atoms with Gasteiger partial charge in [0.25, 0.3) is 0 Å². The topological polar surface area (TPSA) is 29.1 Å². The summed E-state index contributed by atoms with van der Waals surface area (Å²) in [6.45, 7) is 0. The van der Waals surface area contributed by atoms with Gasteiger partial charge in [-0.2, -0.15) is 0 Å². The van der Waals surface area contributed by atoms with Gasteiger partial charge in [-0.1, -0.05) is 43.5 Å². The van der Waals surface area contributed by atoms with Crippen LogP contribution in [0.25, 0.3) is 0 Å². The Morgan fingerprint density at radius 1 is 1.10 bits per heavy atom. The Hall–Kier alpha value is -0.670. The van der Waals surface area contributed by atoms with Gasteiger partial charge in [-0.25, -0.2) is 0 Å². The maximum Gasteiger partial charge on any atom is 0.0548 e. The van der Waals surface area contributed by atoms with Crippen molar-refractivity contribution >= 4 is 10.8 Å². The van der Waals surface area contributed by atoms with Crippen molar-refractivity contribution in [3.05, 3.63) is 35.4 Å². The lowest BCUT2D eigenvalue weighted by atomic mass is 9.87. The van der Waals surface area contributed by atoms with Gasteiger partial charge in [0.1, 0.15) is 0 Å². The Balaban J connectivity index is 1.81. The van der Waals surface area contributed by atoms with Crippen LogP contribution in [-0.2, 0) is 17.2 Å². The molecule has 1 aromatic carbocycles. The van der Waals surface area contributed by atoms with Crippen molar-refractivity contribution < 1.29 is 4.21 Å². The van der Waals surface area contributed by atoms with Crippen LogP contribution in [0, 0.1) is 0 Å². The Morgan fingerprint density at radius 2 is 1.85 bits per heavy atom. The number of rotatable bonds is 3. The number of benzene rings is 1. The standard InChI is InChI=1S/C17H25NOS/c1-18-17-15-10-6-5-7-13(15)11-12-16(17)20(19)14-8-3-2-4-9-14/h5-7,10,14,16-18H,2-4,8-9,11-12H2,1H3. The zero-order valence-corrected chi connectivity index (χ0v) is 13.1. The summed E-state index contributed by atoms with van der Waals surface area (Å²) in [5, 5.41) is 4.17. The van der Waals surface area contributed by atoms with E-state index in [1.54, 1.807) is 0 Å². The number of nitrogens with one attached hydrogen (secondary N) is 1. The van der Waals surface area contributed by atoms with Gasteiger partial charge in [0.15, 0.2) is 0 Å². The van der Waals surface area contributed by atoms with E-state index in [1.165, 1.54) is 43.2 Å². The van der Waals surface area contributed by atoms with Gasteiger partial charge in [0.2, 0.25) is 0 Å². The summed E-state index contributed by atoms with van der Waals surface area (Å²) < 4.78 is 13.0. The fourth-order valence-electron chi connectivity index (χ4n) is 3.87. The van der Waals surface area contributed by atoms with E-state index < -0.39 is 10.8 Å². The van der Waals surface area contributed by atoms with E-state index in [2.05, 4.69) is 29.6 Å². The highest BCUT2D eigenvalue weighted by atomic mass is 32.2. The van der Waals surface area contributed by atoms with E-state index in [0.717, 1.165) is 12.8 Å². The van der Waals surface area contributed by atoms with Gasteiger partial charge < -0.3 is 5.32 Å².